The molecule has 1 amide bonds. The van der Waals surface area contributed by atoms with Crippen LogP contribution < -0.4 is 16.0 Å². The SMILES string of the molecule is CN=C(NCCCCC(C)C)NCCC(=O)Nc1ccc(C)cn1. The Balaban J connectivity index is 2.17. The largest absolute Gasteiger partial charge is 0.356 e. The number of nitrogens with zero attached hydrogens (tertiary/aromatic N) is 2. The number of aryl methyl sites for hydroxylation is 1. The van der Waals surface area contributed by atoms with Gasteiger partial charge in [0.05, 0.1) is 0 Å². The third-order valence-electron chi connectivity index (χ3n) is 3.55. The van der Waals surface area contributed by atoms with Gasteiger partial charge in [-0.05, 0) is 30.9 Å². The maximum atomic E-state index is 11.9. The summed E-state index contributed by atoms with van der Waals surface area (Å²) in [7, 11) is 1.74. The fraction of sp³-hybridized carbons (Fsp3) is 0.611. The minimum absolute atomic E-state index is 0.0637. The summed E-state index contributed by atoms with van der Waals surface area (Å²) in [6.45, 7) is 7.87. The number of aromatic nitrogens is 1. The van der Waals surface area contributed by atoms with Crippen LogP contribution >= 0.6 is 0 Å². The second kappa shape index (κ2) is 11.4. The summed E-state index contributed by atoms with van der Waals surface area (Å²) < 4.78 is 0. The van der Waals surface area contributed by atoms with Gasteiger partial charge in [-0.25, -0.2) is 4.98 Å². The Bertz CT molecular complexity index is 511. The van der Waals surface area contributed by atoms with E-state index in [9.17, 15) is 4.79 Å². The van der Waals surface area contributed by atoms with Crippen LogP contribution in [0.15, 0.2) is 23.3 Å². The zero-order chi connectivity index (χ0) is 17.8. The quantitative estimate of drug-likeness (QED) is 0.369. The van der Waals surface area contributed by atoms with Gasteiger partial charge < -0.3 is 16.0 Å². The lowest BCUT2D eigenvalue weighted by Gasteiger charge is -2.12. The number of guanidine groups is 1. The molecule has 1 rings (SSSR count). The van der Waals surface area contributed by atoms with Crippen molar-refractivity contribution >= 4 is 17.7 Å². The van der Waals surface area contributed by atoms with Crippen molar-refractivity contribution in [1.29, 1.82) is 0 Å². The monoisotopic (exact) mass is 333 g/mol. The summed E-state index contributed by atoms with van der Waals surface area (Å²) in [5.74, 6) is 2.01. The molecule has 6 heteroatoms. The second-order valence-electron chi connectivity index (χ2n) is 6.33. The molecular weight excluding hydrogens is 302 g/mol. The molecule has 0 unspecified atom stereocenters. The first-order chi connectivity index (χ1) is 11.5. The first kappa shape index (κ1) is 19.9. The predicted octanol–water partition coefficient (Wildman–Crippen LogP) is 2.71. The summed E-state index contributed by atoms with van der Waals surface area (Å²) in [5.41, 5.74) is 1.07. The van der Waals surface area contributed by atoms with Gasteiger partial charge >= 0.3 is 0 Å². The molecule has 3 N–H and O–H groups in total. The minimum atomic E-state index is -0.0637. The zero-order valence-electron chi connectivity index (χ0n) is 15.4. The van der Waals surface area contributed by atoms with Crippen LogP contribution in [0.5, 0.6) is 0 Å². The van der Waals surface area contributed by atoms with Crippen LogP contribution in [0.1, 0.15) is 45.1 Å². The van der Waals surface area contributed by atoms with E-state index in [4.69, 9.17) is 0 Å². The van der Waals surface area contributed by atoms with Gasteiger partial charge in [-0.2, -0.15) is 0 Å². The lowest BCUT2D eigenvalue weighted by Crippen LogP contribution is -2.39. The van der Waals surface area contributed by atoms with Gasteiger partial charge in [-0.1, -0.05) is 32.8 Å². The molecule has 0 spiro atoms. The van der Waals surface area contributed by atoms with Crippen LogP contribution in [0, 0.1) is 12.8 Å². The number of hydrogen-bond donors (Lipinski definition) is 3. The highest BCUT2D eigenvalue weighted by Gasteiger charge is 2.04. The molecule has 24 heavy (non-hydrogen) atoms. The number of anilines is 1. The van der Waals surface area contributed by atoms with Crippen LogP contribution in [-0.4, -0.2) is 37.0 Å². The average molecular weight is 333 g/mol. The lowest BCUT2D eigenvalue weighted by atomic mass is 10.1. The Labute approximate surface area is 145 Å². The van der Waals surface area contributed by atoms with Gasteiger partial charge in [-0.15, -0.1) is 0 Å². The van der Waals surface area contributed by atoms with Crippen molar-refractivity contribution in [2.24, 2.45) is 10.9 Å². The van der Waals surface area contributed by atoms with Crippen molar-refractivity contribution in [3.63, 3.8) is 0 Å². The van der Waals surface area contributed by atoms with Gasteiger partial charge in [0.2, 0.25) is 5.91 Å². The number of aliphatic imine (C=N–C) groups is 1. The third kappa shape index (κ3) is 9.12. The van der Waals surface area contributed by atoms with E-state index < -0.39 is 0 Å². The highest BCUT2D eigenvalue weighted by Crippen LogP contribution is 2.05. The molecule has 1 aromatic heterocycles. The maximum Gasteiger partial charge on any atom is 0.227 e. The van der Waals surface area contributed by atoms with E-state index in [-0.39, 0.29) is 5.91 Å². The number of nitrogens with one attached hydrogen (secondary N) is 3. The van der Waals surface area contributed by atoms with Crippen molar-refractivity contribution in [2.75, 3.05) is 25.5 Å². The summed E-state index contributed by atoms with van der Waals surface area (Å²) in [6.07, 6.45) is 5.69. The molecule has 1 aromatic rings. The van der Waals surface area contributed by atoms with Gasteiger partial charge in [0, 0.05) is 32.8 Å². The zero-order valence-corrected chi connectivity index (χ0v) is 15.4. The summed E-state index contributed by atoms with van der Waals surface area (Å²) >= 11 is 0. The number of rotatable bonds is 9. The molecule has 0 aromatic carbocycles. The molecule has 6 nitrogen and oxygen atoms in total. The molecule has 134 valence electrons. The first-order valence-corrected chi connectivity index (χ1v) is 8.68. The van der Waals surface area contributed by atoms with E-state index in [1.807, 2.05) is 13.0 Å². The Kier molecular flexibility index (Phi) is 9.49. The Morgan fingerprint density at radius 2 is 1.96 bits per heavy atom. The van der Waals surface area contributed by atoms with Gasteiger partial charge in [0.1, 0.15) is 5.82 Å². The number of carbonyl (C=O) groups excluding carboxylic acids is 1. The average Bonchev–Trinajstić information content (AvgIpc) is 2.54. The van der Waals surface area contributed by atoms with Crippen LogP contribution in [-0.2, 0) is 4.79 Å². The maximum absolute atomic E-state index is 11.9. The van der Waals surface area contributed by atoms with E-state index in [2.05, 4.69) is 39.8 Å². The fourth-order valence-electron chi connectivity index (χ4n) is 2.15. The molecule has 0 aliphatic heterocycles. The Hall–Kier alpha value is -2.11. The molecule has 1 heterocycles. The molecular formula is C18H31N5O. The molecule has 0 bridgehead atoms. The second-order valence-corrected chi connectivity index (χ2v) is 6.33. The number of amides is 1. The summed E-state index contributed by atoms with van der Waals surface area (Å²) in [4.78, 5) is 20.2. The third-order valence-corrected chi connectivity index (χ3v) is 3.55. The van der Waals surface area contributed by atoms with Crippen molar-refractivity contribution in [2.45, 2.75) is 46.5 Å². The van der Waals surface area contributed by atoms with Crippen molar-refractivity contribution in [3.8, 4) is 0 Å². The van der Waals surface area contributed by atoms with Crippen molar-refractivity contribution < 1.29 is 4.79 Å². The van der Waals surface area contributed by atoms with Crippen LogP contribution in [0.2, 0.25) is 0 Å². The van der Waals surface area contributed by atoms with E-state index >= 15 is 0 Å². The highest BCUT2D eigenvalue weighted by molar-refractivity contribution is 5.90. The summed E-state index contributed by atoms with van der Waals surface area (Å²) in [6, 6.07) is 3.73. The number of unbranched alkanes of at least 4 members (excludes halogenated alkanes) is 1. The molecule has 0 atom stereocenters. The van der Waals surface area contributed by atoms with Crippen LogP contribution in [0.4, 0.5) is 5.82 Å². The van der Waals surface area contributed by atoms with Gasteiger partial charge in [-0.3, -0.25) is 9.79 Å². The van der Waals surface area contributed by atoms with Crippen molar-refractivity contribution in [1.82, 2.24) is 15.6 Å². The standard InChI is InChI=1S/C18H31N5O/c1-14(2)7-5-6-11-20-18(19-4)21-12-10-17(24)23-16-9-8-15(3)13-22-16/h8-9,13-14H,5-7,10-12H2,1-4H3,(H2,19,20,21)(H,22,23,24). The molecule has 0 saturated heterocycles. The Morgan fingerprint density at radius 1 is 1.21 bits per heavy atom. The van der Waals surface area contributed by atoms with Crippen LogP contribution in [0.25, 0.3) is 0 Å². The minimum Gasteiger partial charge on any atom is -0.356 e. The number of carbonyl (C=O) groups is 1. The van der Waals surface area contributed by atoms with Crippen LogP contribution in [0.3, 0.4) is 0 Å². The van der Waals surface area contributed by atoms with Gasteiger partial charge in [0.15, 0.2) is 5.96 Å². The summed E-state index contributed by atoms with van der Waals surface area (Å²) in [5, 5.41) is 9.20. The molecule has 0 aliphatic rings. The smallest absolute Gasteiger partial charge is 0.227 e. The van der Waals surface area contributed by atoms with Crippen molar-refractivity contribution in [3.05, 3.63) is 23.9 Å². The highest BCUT2D eigenvalue weighted by atomic mass is 16.1. The molecule has 0 saturated carbocycles. The number of hydrogen-bond acceptors (Lipinski definition) is 3. The van der Waals surface area contributed by atoms with Gasteiger partial charge in [0.25, 0.3) is 0 Å². The van der Waals surface area contributed by atoms with E-state index in [1.165, 1.54) is 12.8 Å². The molecule has 0 aliphatic carbocycles. The normalized spacial score (nSPS) is 11.5. The topological polar surface area (TPSA) is 78.4 Å². The molecule has 0 radical (unpaired) electrons. The first-order valence-electron chi connectivity index (χ1n) is 8.68. The Morgan fingerprint density at radius 3 is 2.58 bits per heavy atom. The molecule has 0 fully saturated rings. The fourth-order valence-corrected chi connectivity index (χ4v) is 2.15. The predicted molar refractivity (Wildman–Crippen MR) is 100 cm³/mol. The van der Waals surface area contributed by atoms with E-state index in [1.54, 1.807) is 19.3 Å². The van der Waals surface area contributed by atoms with E-state index in [0.29, 0.717) is 18.8 Å². The lowest BCUT2D eigenvalue weighted by molar-refractivity contribution is -0.116. The number of pyridine rings is 1. The van der Waals surface area contributed by atoms with E-state index in [0.717, 1.165) is 30.4 Å².